The average Bonchev–Trinajstić information content (AvgIpc) is 2.63. The number of amides is 3. The minimum absolute atomic E-state index is 0.0457. The van der Waals surface area contributed by atoms with Gasteiger partial charge in [0.05, 0.1) is 12.6 Å². The van der Waals surface area contributed by atoms with Crippen molar-refractivity contribution in [2.75, 3.05) is 18.5 Å². The second-order valence-corrected chi connectivity index (χ2v) is 5.79. The molecule has 2 aromatic carbocycles. The van der Waals surface area contributed by atoms with Crippen LogP contribution < -0.4 is 20.7 Å². The molecule has 0 spiro atoms. The van der Waals surface area contributed by atoms with Gasteiger partial charge in [-0.3, -0.25) is 4.79 Å². The van der Waals surface area contributed by atoms with Gasteiger partial charge in [-0.2, -0.15) is 0 Å². The van der Waals surface area contributed by atoms with E-state index >= 15 is 0 Å². The van der Waals surface area contributed by atoms with E-state index in [4.69, 9.17) is 4.74 Å². The number of hydrogen-bond donors (Lipinski definition) is 3. The zero-order chi connectivity index (χ0) is 17.5. The highest BCUT2D eigenvalue weighted by atomic mass is 16.5. The van der Waals surface area contributed by atoms with Gasteiger partial charge in [0.1, 0.15) is 5.75 Å². The van der Waals surface area contributed by atoms with E-state index in [-0.39, 0.29) is 30.9 Å². The fourth-order valence-corrected chi connectivity index (χ4v) is 2.74. The molecule has 6 heteroatoms. The average molecular weight is 339 g/mol. The third kappa shape index (κ3) is 4.73. The van der Waals surface area contributed by atoms with Crippen molar-refractivity contribution in [3.8, 4) is 5.75 Å². The first-order valence-electron chi connectivity index (χ1n) is 8.33. The van der Waals surface area contributed by atoms with E-state index in [1.807, 2.05) is 42.5 Å². The van der Waals surface area contributed by atoms with Crippen LogP contribution in [0.4, 0.5) is 10.5 Å². The van der Waals surface area contributed by atoms with E-state index in [0.717, 1.165) is 17.7 Å². The van der Waals surface area contributed by atoms with Crippen molar-refractivity contribution in [1.82, 2.24) is 10.6 Å². The van der Waals surface area contributed by atoms with Crippen molar-refractivity contribution >= 4 is 17.6 Å². The van der Waals surface area contributed by atoms with Gasteiger partial charge in [0, 0.05) is 30.6 Å². The molecule has 1 unspecified atom stereocenters. The molecular weight excluding hydrogens is 318 g/mol. The minimum Gasteiger partial charge on any atom is -0.493 e. The molecule has 130 valence electrons. The lowest BCUT2D eigenvalue weighted by molar-refractivity contribution is -0.121. The molecule has 3 amide bonds. The molecule has 3 rings (SSSR count). The van der Waals surface area contributed by atoms with Crippen LogP contribution in [0.1, 0.15) is 24.4 Å². The summed E-state index contributed by atoms with van der Waals surface area (Å²) in [5, 5.41) is 8.40. The molecule has 3 N–H and O–H groups in total. The Morgan fingerprint density at radius 1 is 1.04 bits per heavy atom. The highest BCUT2D eigenvalue weighted by Gasteiger charge is 2.22. The summed E-state index contributed by atoms with van der Waals surface area (Å²) in [5.74, 6) is 0.723. The Morgan fingerprint density at radius 3 is 2.64 bits per heavy atom. The summed E-state index contributed by atoms with van der Waals surface area (Å²) < 4.78 is 5.59. The van der Waals surface area contributed by atoms with Crippen LogP contribution in [-0.4, -0.2) is 25.1 Å². The maximum atomic E-state index is 12.1. The summed E-state index contributed by atoms with van der Waals surface area (Å²) in [6.07, 6.45) is 0.965. The third-order valence-electron chi connectivity index (χ3n) is 3.96. The maximum absolute atomic E-state index is 12.1. The molecule has 0 fully saturated rings. The van der Waals surface area contributed by atoms with Gasteiger partial charge in [0.2, 0.25) is 5.91 Å². The van der Waals surface area contributed by atoms with Crippen LogP contribution in [0.25, 0.3) is 0 Å². The van der Waals surface area contributed by atoms with Crippen LogP contribution >= 0.6 is 0 Å². The number of carbonyl (C=O) groups excluding carboxylic acids is 2. The molecule has 0 radical (unpaired) electrons. The number of rotatable bonds is 5. The first kappa shape index (κ1) is 16.8. The normalized spacial score (nSPS) is 15.4. The number of anilines is 1. The molecule has 1 aliphatic rings. The van der Waals surface area contributed by atoms with E-state index in [0.29, 0.717) is 12.3 Å². The van der Waals surface area contributed by atoms with Gasteiger partial charge in [-0.05, 0) is 18.2 Å². The number of benzene rings is 2. The smallest absolute Gasteiger partial charge is 0.319 e. The largest absolute Gasteiger partial charge is 0.493 e. The van der Waals surface area contributed by atoms with Gasteiger partial charge in [0.15, 0.2) is 0 Å². The monoisotopic (exact) mass is 339 g/mol. The van der Waals surface area contributed by atoms with Crippen LogP contribution in [0, 0.1) is 0 Å². The first-order chi connectivity index (χ1) is 12.2. The van der Waals surface area contributed by atoms with E-state index in [9.17, 15) is 9.59 Å². The van der Waals surface area contributed by atoms with Crippen LogP contribution in [0.15, 0.2) is 54.6 Å². The van der Waals surface area contributed by atoms with Crippen molar-refractivity contribution in [3.05, 3.63) is 60.2 Å². The molecule has 1 aliphatic heterocycles. The Balaban J connectivity index is 1.42. The molecular formula is C19H21N3O3. The summed E-state index contributed by atoms with van der Waals surface area (Å²) in [7, 11) is 0. The second kappa shape index (κ2) is 8.19. The summed E-state index contributed by atoms with van der Waals surface area (Å²) in [4.78, 5) is 23.9. The van der Waals surface area contributed by atoms with Gasteiger partial charge in [-0.15, -0.1) is 0 Å². The van der Waals surface area contributed by atoms with E-state index in [2.05, 4.69) is 16.0 Å². The number of urea groups is 1. The molecule has 1 atom stereocenters. The Kier molecular flexibility index (Phi) is 5.51. The van der Waals surface area contributed by atoms with Crippen molar-refractivity contribution in [1.29, 1.82) is 0 Å². The number of fused-ring (bicyclic) bond motifs is 1. The molecule has 0 bridgehead atoms. The Hall–Kier alpha value is -3.02. The lowest BCUT2D eigenvalue weighted by atomic mass is 10.0. The SMILES string of the molecule is O=C(CCNC(=O)Nc1ccccc1)NC1CCOc2ccccc21. The van der Waals surface area contributed by atoms with Crippen molar-refractivity contribution in [2.45, 2.75) is 18.9 Å². The first-order valence-corrected chi connectivity index (χ1v) is 8.33. The van der Waals surface area contributed by atoms with E-state index in [1.54, 1.807) is 12.1 Å². The van der Waals surface area contributed by atoms with Crippen LogP contribution in [0.2, 0.25) is 0 Å². The Labute approximate surface area is 146 Å². The second-order valence-electron chi connectivity index (χ2n) is 5.79. The summed E-state index contributed by atoms with van der Waals surface area (Å²) in [5.41, 5.74) is 1.71. The van der Waals surface area contributed by atoms with E-state index < -0.39 is 0 Å². The molecule has 1 heterocycles. The molecule has 0 aliphatic carbocycles. The fraction of sp³-hybridized carbons (Fsp3) is 0.263. The number of nitrogens with one attached hydrogen (secondary N) is 3. The molecule has 0 saturated heterocycles. The number of ether oxygens (including phenoxy) is 1. The van der Waals surface area contributed by atoms with Gasteiger partial charge in [-0.1, -0.05) is 36.4 Å². The lowest BCUT2D eigenvalue weighted by Crippen LogP contribution is -2.36. The van der Waals surface area contributed by atoms with Crippen LogP contribution in [-0.2, 0) is 4.79 Å². The van der Waals surface area contributed by atoms with Gasteiger partial charge < -0.3 is 20.7 Å². The summed E-state index contributed by atoms with van der Waals surface area (Å²) in [6, 6.07) is 16.5. The van der Waals surface area contributed by atoms with Crippen molar-refractivity contribution in [3.63, 3.8) is 0 Å². The molecule has 6 nitrogen and oxygen atoms in total. The van der Waals surface area contributed by atoms with Crippen molar-refractivity contribution < 1.29 is 14.3 Å². The van der Waals surface area contributed by atoms with E-state index in [1.165, 1.54) is 0 Å². The summed E-state index contributed by atoms with van der Waals surface area (Å²) in [6.45, 7) is 0.856. The molecule has 0 saturated carbocycles. The van der Waals surface area contributed by atoms with Gasteiger partial charge in [0.25, 0.3) is 0 Å². The number of carbonyl (C=O) groups is 2. The standard InChI is InChI=1S/C19H21N3O3/c23-18(10-12-20-19(24)21-14-6-2-1-3-7-14)22-16-11-13-25-17-9-5-4-8-15(16)17/h1-9,16H,10-13H2,(H,22,23)(H2,20,21,24). The maximum Gasteiger partial charge on any atom is 0.319 e. The fourth-order valence-electron chi connectivity index (χ4n) is 2.74. The highest BCUT2D eigenvalue weighted by molar-refractivity contribution is 5.89. The number of hydrogen-bond acceptors (Lipinski definition) is 3. The minimum atomic E-state index is -0.324. The molecule has 0 aromatic heterocycles. The number of para-hydroxylation sites is 2. The quantitative estimate of drug-likeness (QED) is 0.784. The molecule has 25 heavy (non-hydrogen) atoms. The van der Waals surface area contributed by atoms with Gasteiger partial charge >= 0.3 is 6.03 Å². The van der Waals surface area contributed by atoms with Crippen LogP contribution in [0.5, 0.6) is 5.75 Å². The lowest BCUT2D eigenvalue weighted by Gasteiger charge is -2.26. The Morgan fingerprint density at radius 2 is 1.80 bits per heavy atom. The summed E-state index contributed by atoms with van der Waals surface area (Å²) >= 11 is 0. The van der Waals surface area contributed by atoms with Crippen molar-refractivity contribution in [2.24, 2.45) is 0 Å². The van der Waals surface area contributed by atoms with Gasteiger partial charge in [-0.25, -0.2) is 4.79 Å². The Bertz CT molecular complexity index is 734. The molecule has 2 aromatic rings. The zero-order valence-electron chi connectivity index (χ0n) is 13.8. The predicted octanol–water partition coefficient (Wildman–Crippen LogP) is 2.84. The third-order valence-corrected chi connectivity index (χ3v) is 3.96. The highest BCUT2D eigenvalue weighted by Crippen LogP contribution is 2.31. The van der Waals surface area contributed by atoms with Crippen LogP contribution in [0.3, 0.4) is 0 Å². The zero-order valence-corrected chi connectivity index (χ0v) is 13.8. The topological polar surface area (TPSA) is 79.5 Å². The predicted molar refractivity (Wildman–Crippen MR) is 95.5 cm³/mol.